The van der Waals surface area contributed by atoms with E-state index in [0.717, 1.165) is 29.1 Å². The molecule has 2 N–H and O–H groups in total. The Balaban J connectivity index is 2.36. The van der Waals surface area contributed by atoms with Gasteiger partial charge in [-0.1, -0.05) is 37.6 Å². The summed E-state index contributed by atoms with van der Waals surface area (Å²) >= 11 is 0. The molecule has 0 bridgehead atoms. The second kappa shape index (κ2) is 4.62. The van der Waals surface area contributed by atoms with Gasteiger partial charge in [0, 0.05) is 18.2 Å². The van der Waals surface area contributed by atoms with Crippen LogP contribution in [0.15, 0.2) is 24.3 Å². The number of nitrogens with two attached hydrogens (primary N) is 1. The van der Waals surface area contributed by atoms with E-state index in [2.05, 4.69) is 36.3 Å². The van der Waals surface area contributed by atoms with Crippen molar-refractivity contribution in [2.45, 2.75) is 26.7 Å². The van der Waals surface area contributed by atoms with Gasteiger partial charge in [0.15, 0.2) is 0 Å². The minimum Gasteiger partial charge on any atom is -0.384 e. The minimum absolute atomic E-state index is 0.734. The SMILES string of the molecule is CCCc1ccc(-c2nn(C)c(N)c2C)cc1. The maximum Gasteiger partial charge on any atom is 0.124 e. The van der Waals surface area contributed by atoms with Gasteiger partial charge in [0.2, 0.25) is 0 Å². The van der Waals surface area contributed by atoms with Gasteiger partial charge >= 0.3 is 0 Å². The molecule has 90 valence electrons. The lowest BCUT2D eigenvalue weighted by Gasteiger charge is -2.01. The normalized spacial score (nSPS) is 10.8. The average Bonchev–Trinajstić information content (AvgIpc) is 2.59. The maximum absolute atomic E-state index is 5.92. The van der Waals surface area contributed by atoms with Gasteiger partial charge in [0.25, 0.3) is 0 Å². The van der Waals surface area contributed by atoms with Crippen LogP contribution in [0.3, 0.4) is 0 Å². The third-order valence-corrected chi connectivity index (χ3v) is 3.10. The first kappa shape index (κ1) is 11.7. The monoisotopic (exact) mass is 229 g/mol. The van der Waals surface area contributed by atoms with Gasteiger partial charge in [0.1, 0.15) is 5.82 Å². The number of rotatable bonds is 3. The maximum atomic E-state index is 5.92. The van der Waals surface area contributed by atoms with Crippen molar-refractivity contribution in [3.63, 3.8) is 0 Å². The molecule has 0 saturated heterocycles. The summed E-state index contributed by atoms with van der Waals surface area (Å²) in [5, 5.41) is 4.45. The van der Waals surface area contributed by atoms with Crippen LogP contribution in [0, 0.1) is 6.92 Å². The smallest absolute Gasteiger partial charge is 0.124 e. The highest BCUT2D eigenvalue weighted by atomic mass is 15.3. The van der Waals surface area contributed by atoms with Gasteiger partial charge in [-0.05, 0) is 18.9 Å². The van der Waals surface area contributed by atoms with Gasteiger partial charge in [0.05, 0.1) is 5.69 Å². The first-order valence-corrected chi connectivity index (χ1v) is 6.02. The summed E-state index contributed by atoms with van der Waals surface area (Å²) in [7, 11) is 1.87. The van der Waals surface area contributed by atoms with Crippen LogP contribution in [0.5, 0.6) is 0 Å². The summed E-state index contributed by atoms with van der Waals surface area (Å²) < 4.78 is 1.73. The fourth-order valence-corrected chi connectivity index (χ4v) is 2.04. The molecule has 0 aliphatic rings. The molecule has 0 unspecified atom stereocenters. The van der Waals surface area contributed by atoms with Crippen LogP contribution >= 0.6 is 0 Å². The summed E-state index contributed by atoms with van der Waals surface area (Å²) in [6.45, 7) is 4.20. The highest BCUT2D eigenvalue weighted by Gasteiger charge is 2.10. The molecule has 2 rings (SSSR count). The third-order valence-electron chi connectivity index (χ3n) is 3.10. The molecule has 0 fully saturated rings. The zero-order valence-electron chi connectivity index (χ0n) is 10.7. The largest absolute Gasteiger partial charge is 0.384 e. The zero-order chi connectivity index (χ0) is 12.4. The molecule has 0 saturated carbocycles. The predicted molar refractivity (Wildman–Crippen MR) is 71.8 cm³/mol. The van der Waals surface area contributed by atoms with E-state index in [0.29, 0.717) is 0 Å². The summed E-state index contributed by atoms with van der Waals surface area (Å²) in [5.74, 6) is 0.734. The second-order valence-electron chi connectivity index (χ2n) is 4.43. The van der Waals surface area contributed by atoms with Crippen LogP contribution in [0.1, 0.15) is 24.5 Å². The van der Waals surface area contributed by atoms with Gasteiger partial charge in [-0.15, -0.1) is 0 Å². The van der Waals surface area contributed by atoms with Crippen molar-refractivity contribution >= 4 is 5.82 Å². The predicted octanol–water partition coefficient (Wildman–Crippen LogP) is 2.93. The molecule has 1 heterocycles. The number of hydrogen-bond acceptors (Lipinski definition) is 2. The van der Waals surface area contributed by atoms with E-state index in [4.69, 9.17) is 5.73 Å². The lowest BCUT2D eigenvalue weighted by Crippen LogP contribution is -1.97. The molecule has 0 aliphatic heterocycles. The molecule has 3 nitrogen and oxygen atoms in total. The van der Waals surface area contributed by atoms with Crippen LogP contribution < -0.4 is 5.73 Å². The summed E-state index contributed by atoms with van der Waals surface area (Å²) in [6.07, 6.45) is 2.30. The van der Waals surface area contributed by atoms with Crippen molar-refractivity contribution in [3.8, 4) is 11.3 Å². The number of hydrogen-bond donors (Lipinski definition) is 1. The Kier molecular flexibility index (Phi) is 3.18. The molecule has 1 aromatic heterocycles. The Morgan fingerprint density at radius 3 is 2.35 bits per heavy atom. The van der Waals surface area contributed by atoms with Crippen LogP contribution in [0.25, 0.3) is 11.3 Å². The number of anilines is 1. The van der Waals surface area contributed by atoms with Crippen LogP contribution in [-0.4, -0.2) is 9.78 Å². The number of aryl methyl sites for hydroxylation is 2. The number of nitrogens with zero attached hydrogens (tertiary/aromatic N) is 2. The van der Waals surface area contributed by atoms with Crippen LogP contribution in [0.4, 0.5) is 5.82 Å². The molecule has 0 amide bonds. The van der Waals surface area contributed by atoms with E-state index >= 15 is 0 Å². The highest BCUT2D eigenvalue weighted by molar-refractivity contribution is 5.68. The zero-order valence-corrected chi connectivity index (χ0v) is 10.7. The van der Waals surface area contributed by atoms with Crippen LogP contribution in [0.2, 0.25) is 0 Å². The Bertz CT molecular complexity index is 509. The first-order valence-electron chi connectivity index (χ1n) is 6.02. The number of nitrogen functional groups attached to an aromatic ring is 1. The van der Waals surface area contributed by atoms with E-state index in [-0.39, 0.29) is 0 Å². The van der Waals surface area contributed by atoms with Gasteiger partial charge < -0.3 is 5.73 Å². The van der Waals surface area contributed by atoms with Crippen molar-refractivity contribution in [2.24, 2.45) is 7.05 Å². The van der Waals surface area contributed by atoms with Crippen molar-refractivity contribution < 1.29 is 0 Å². The molecule has 1 aromatic carbocycles. The van der Waals surface area contributed by atoms with E-state index in [1.165, 1.54) is 12.0 Å². The second-order valence-corrected chi connectivity index (χ2v) is 4.43. The molecule has 2 aromatic rings. The third kappa shape index (κ3) is 2.18. The van der Waals surface area contributed by atoms with Gasteiger partial charge in [-0.2, -0.15) is 5.10 Å². The quantitative estimate of drug-likeness (QED) is 0.879. The van der Waals surface area contributed by atoms with Gasteiger partial charge in [-0.25, -0.2) is 0 Å². The molecule has 0 aliphatic carbocycles. The minimum atomic E-state index is 0.734. The van der Waals surface area contributed by atoms with E-state index in [1.54, 1.807) is 4.68 Å². The van der Waals surface area contributed by atoms with Gasteiger partial charge in [-0.3, -0.25) is 4.68 Å². The fourth-order valence-electron chi connectivity index (χ4n) is 2.04. The molecule has 3 heteroatoms. The lowest BCUT2D eigenvalue weighted by molar-refractivity contribution is 0.782. The fraction of sp³-hybridized carbons (Fsp3) is 0.357. The van der Waals surface area contributed by atoms with Crippen molar-refractivity contribution in [1.29, 1.82) is 0 Å². The summed E-state index contributed by atoms with van der Waals surface area (Å²) in [6, 6.07) is 8.59. The van der Waals surface area contributed by atoms with Crippen molar-refractivity contribution in [3.05, 3.63) is 35.4 Å². The summed E-state index contributed by atoms with van der Waals surface area (Å²) in [4.78, 5) is 0. The molecular formula is C14H19N3. The number of aromatic nitrogens is 2. The Labute approximate surface area is 102 Å². The van der Waals surface area contributed by atoms with E-state index in [1.807, 2.05) is 14.0 Å². The lowest BCUT2D eigenvalue weighted by atomic mass is 10.0. The topological polar surface area (TPSA) is 43.8 Å². The number of benzene rings is 1. The molecule has 0 radical (unpaired) electrons. The Morgan fingerprint density at radius 2 is 1.88 bits per heavy atom. The molecular weight excluding hydrogens is 210 g/mol. The standard InChI is InChI=1S/C14H19N3/c1-4-5-11-6-8-12(9-7-11)13-10(2)14(15)17(3)16-13/h6-9H,4-5,15H2,1-3H3. The Morgan fingerprint density at radius 1 is 1.24 bits per heavy atom. The van der Waals surface area contributed by atoms with Crippen molar-refractivity contribution in [2.75, 3.05) is 5.73 Å². The van der Waals surface area contributed by atoms with E-state index in [9.17, 15) is 0 Å². The molecule has 0 atom stereocenters. The molecule has 0 spiro atoms. The van der Waals surface area contributed by atoms with E-state index < -0.39 is 0 Å². The summed E-state index contributed by atoms with van der Waals surface area (Å²) in [5.41, 5.74) is 10.5. The first-order chi connectivity index (χ1) is 8.13. The van der Waals surface area contributed by atoms with Crippen molar-refractivity contribution in [1.82, 2.24) is 9.78 Å². The average molecular weight is 229 g/mol. The highest BCUT2D eigenvalue weighted by Crippen LogP contribution is 2.25. The molecule has 17 heavy (non-hydrogen) atoms. The Hall–Kier alpha value is -1.77. The van der Waals surface area contributed by atoms with Crippen LogP contribution in [-0.2, 0) is 13.5 Å².